The van der Waals surface area contributed by atoms with Gasteiger partial charge in [0, 0.05) is 16.8 Å². The number of carbonyl (C=O) groups excluding carboxylic acids is 3. The Kier molecular flexibility index (Phi) is 8.87. The number of nitrogens with zero attached hydrogens (tertiary/aromatic N) is 2. The lowest BCUT2D eigenvalue weighted by Gasteiger charge is -2.27. The summed E-state index contributed by atoms with van der Waals surface area (Å²) in [5, 5.41) is 7.51. The average Bonchev–Trinajstić information content (AvgIpc) is 3.14. The van der Waals surface area contributed by atoms with Crippen molar-refractivity contribution in [1.82, 2.24) is 10.6 Å². The van der Waals surface area contributed by atoms with Crippen LogP contribution in [0.4, 0.5) is 21.5 Å². The monoisotopic (exact) mass is 583 g/mol. The normalized spacial score (nSPS) is 15.5. The first kappa shape index (κ1) is 29.5. The van der Waals surface area contributed by atoms with E-state index in [9.17, 15) is 18.8 Å². The van der Waals surface area contributed by atoms with Crippen molar-refractivity contribution in [1.29, 1.82) is 0 Å². The molecule has 0 radical (unpaired) electrons. The van der Waals surface area contributed by atoms with Gasteiger partial charge in [-0.15, -0.1) is 0 Å². The molecular weight excluding hydrogens is 549 g/mol. The second-order valence-corrected chi connectivity index (χ2v) is 10.3. The molecule has 0 bridgehead atoms. The second-order valence-electron chi connectivity index (χ2n) is 10.3. The zero-order valence-corrected chi connectivity index (χ0v) is 24.0. The van der Waals surface area contributed by atoms with Gasteiger partial charge < -0.3 is 30.9 Å². The van der Waals surface area contributed by atoms with Crippen LogP contribution >= 0.6 is 0 Å². The van der Waals surface area contributed by atoms with Crippen molar-refractivity contribution in [2.45, 2.75) is 25.6 Å². The summed E-state index contributed by atoms with van der Waals surface area (Å²) in [7, 11) is 1.65. The standard InChI is InChI=1S/C33H34FN5O4/c1-21(36-2)31(40)37-27-20-39(32(41)23-11-14-24(35)15-12-23)29-10-6-5-9-28(29)38(33(27)42)19-26-25-8-4-3-7-22(25)13-16-30(26)43-18-17-34/h3-16,21,27,36H,17-20,35H2,1-2H3,(H,37,40)/t21?,27-/m0/s1. The van der Waals surface area contributed by atoms with Crippen LogP contribution in [0.3, 0.4) is 0 Å². The molecule has 1 aliphatic heterocycles. The van der Waals surface area contributed by atoms with E-state index >= 15 is 0 Å². The first-order chi connectivity index (χ1) is 20.8. The Hall–Kier alpha value is -4.96. The third kappa shape index (κ3) is 6.14. The molecule has 4 aromatic rings. The summed E-state index contributed by atoms with van der Waals surface area (Å²) in [5.41, 5.74) is 8.42. The number of alkyl halides is 1. The molecule has 0 spiro atoms. The van der Waals surface area contributed by atoms with Crippen molar-refractivity contribution in [2.75, 3.05) is 42.4 Å². The molecule has 0 saturated heterocycles. The van der Waals surface area contributed by atoms with E-state index in [1.54, 1.807) is 73.5 Å². The summed E-state index contributed by atoms with van der Waals surface area (Å²) in [6, 6.07) is 23.3. The quantitative estimate of drug-likeness (QED) is 0.256. The molecular formula is C33H34FN5O4. The van der Waals surface area contributed by atoms with Crippen molar-refractivity contribution in [3.8, 4) is 5.75 Å². The highest BCUT2D eigenvalue weighted by molar-refractivity contribution is 6.13. The van der Waals surface area contributed by atoms with Crippen LogP contribution in [0, 0.1) is 0 Å². The van der Waals surface area contributed by atoms with Crippen LogP contribution in [0.25, 0.3) is 10.8 Å². The van der Waals surface area contributed by atoms with Crippen molar-refractivity contribution >= 4 is 45.6 Å². The zero-order valence-electron chi connectivity index (χ0n) is 24.0. The number of carbonyl (C=O) groups is 3. The van der Waals surface area contributed by atoms with E-state index < -0.39 is 24.7 Å². The Morgan fingerprint density at radius 2 is 1.70 bits per heavy atom. The van der Waals surface area contributed by atoms with Gasteiger partial charge in [0.05, 0.1) is 30.5 Å². The van der Waals surface area contributed by atoms with E-state index in [2.05, 4.69) is 10.6 Å². The molecule has 4 N–H and O–H groups in total. The van der Waals surface area contributed by atoms with Crippen LogP contribution in [-0.4, -0.2) is 56.7 Å². The van der Waals surface area contributed by atoms with Gasteiger partial charge in [-0.1, -0.05) is 42.5 Å². The SMILES string of the molecule is CNC(C)C(=O)N[C@H]1CN(C(=O)c2ccc(N)cc2)c2ccccc2N(Cc2c(OCCF)ccc3ccccc23)C1=O. The summed E-state index contributed by atoms with van der Waals surface area (Å²) >= 11 is 0. The maximum atomic E-state index is 14.4. The number of fused-ring (bicyclic) bond motifs is 2. The molecule has 9 nitrogen and oxygen atoms in total. The summed E-state index contributed by atoms with van der Waals surface area (Å²) in [6.45, 7) is 0.831. The van der Waals surface area contributed by atoms with Gasteiger partial charge in [0.25, 0.3) is 11.8 Å². The molecule has 1 unspecified atom stereocenters. The van der Waals surface area contributed by atoms with E-state index in [-0.39, 0.29) is 31.5 Å². The molecule has 5 rings (SSSR count). The van der Waals surface area contributed by atoms with E-state index in [0.29, 0.717) is 33.9 Å². The predicted molar refractivity (Wildman–Crippen MR) is 166 cm³/mol. The number of amides is 3. The number of nitrogens with two attached hydrogens (primary N) is 1. The van der Waals surface area contributed by atoms with E-state index in [1.165, 1.54) is 4.90 Å². The first-order valence-electron chi connectivity index (χ1n) is 14.1. The molecule has 10 heteroatoms. The summed E-state index contributed by atoms with van der Waals surface area (Å²) in [6.07, 6.45) is 0. The first-order valence-corrected chi connectivity index (χ1v) is 14.1. The molecule has 2 atom stereocenters. The van der Waals surface area contributed by atoms with Crippen LogP contribution in [0.5, 0.6) is 5.75 Å². The van der Waals surface area contributed by atoms with Crippen molar-refractivity contribution in [3.05, 3.63) is 96.1 Å². The number of nitrogens with one attached hydrogen (secondary N) is 2. The van der Waals surface area contributed by atoms with Gasteiger partial charge in [-0.05, 0) is 67.2 Å². The Balaban J connectivity index is 1.64. The highest BCUT2D eigenvalue weighted by Gasteiger charge is 2.38. The number of halogens is 1. The fourth-order valence-electron chi connectivity index (χ4n) is 5.18. The molecule has 1 heterocycles. The van der Waals surface area contributed by atoms with Gasteiger partial charge in [0.2, 0.25) is 5.91 Å². The molecule has 0 fully saturated rings. The molecule has 4 aromatic carbocycles. The molecule has 0 aliphatic carbocycles. The zero-order chi connectivity index (χ0) is 30.5. The Bertz CT molecular complexity index is 1640. The number of rotatable bonds is 9. The van der Waals surface area contributed by atoms with E-state index in [0.717, 1.165) is 10.8 Å². The van der Waals surface area contributed by atoms with E-state index in [4.69, 9.17) is 10.5 Å². The summed E-state index contributed by atoms with van der Waals surface area (Å²) in [4.78, 5) is 44.5. The number of likely N-dealkylation sites (N-methyl/N-ethyl adjacent to an activating group) is 1. The molecule has 43 heavy (non-hydrogen) atoms. The second kappa shape index (κ2) is 12.9. The largest absolute Gasteiger partial charge is 0.490 e. The van der Waals surface area contributed by atoms with Crippen molar-refractivity contribution in [3.63, 3.8) is 0 Å². The lowest BCUT2D eigenvalue weighted by molar-refractivity contribution is -0.128. The van der Waals surface area contributed by atoms with Crippen molar-refractivity contribution < 1.29 is 23.5 Å². The van der Waals surface area contributed by atoms with Crippen LogP contribution < -0.4 is 30.9 Å². The maximum absolute atomic E-state index is 14.4. The fraction of sp³-hybridized carbons (Fsp3) is 0.242. The lowest BCUT2D eigenvalue weighted by Crippen LogP contribution is -2.55. The molecule has 0 saturated carbocycles. The van der Waals surface area contributed by atoms with Gasteiger partial charge in [-0.2, -0.15) is 0 Å². The van der Waals surface area contributed by atoms with Gasteiger partial charge in [-0.3, -0.25) is 14.4 Å². The van der Waals surface area contributed by atoms with E-state index in [1.807, 2.05) is 30.3 Å². The number of nitrogen functional groups attached to an aromatic ring is 1. The average molecular weight is 584 g/mol. The van der Waals surface area contributed by atoms with Gasteiger partial charge >= 0.3 is 0 Å². The van der Waals surface area contributed by atoms with Crippen molar-refractivity contribution in [2.24, 2.45) is 0 Å². The molecule has 3 amide bonds. The summed E-state index contributed by atoms with van der Waals surface area (Å²) in [5.74, 6) is -0.685. The van der Waals surface area contributed by atoms with Crippen LogP contribution in [-0.2, 0) is 16.1 Å². The topological polar surface area (TPSA) is 117 Å². The minimum Gasteiger partial charge on any atom is -0.490 e. The molecule has 1 aliphatic rings. The number of para-hydroxylation sites is 2. The number of anilines is 3. The minimum atomic E-state index is -1.07. The molecule has 222 valence electrons. The Morgan fingerprint density at radius 3 is 2.42 bits per heavy atom. The van der Waals surface area contributed by atoms with Gasteiger partial charge in [-0.25, -0.2) is 4.39 Å². The minimum absolute atomic E-state index is 0.0523. The van der Waals surface area contributed by atoms with Crippen LogP contribution in [0.15, 0.2) is 84.9 Å². The highest BCUT2D eigenvalue weighted by Crippen LogP contribution is 2.37. The molecule has 0 aromatic heterocycles. The van der Waals surface area contributed by atoms with Gasteiger partial charge in [0.1, 0.15) is 25.1 Å². The van der Waals surface area contributed by atoms with Gasteiger partial charge in [0.15, 0.2) is 0 Å². The lowest BCUT2D eigenvalue weighted by atomic mass is 10.0. The predicted octanol–water partition coefficient (Wildman–Crippen LogP) is 4.06. The number of hydrogen-bond acceptors (Lipinski definition) is 6. The third-order valence-electron chi connectivity index (χ3n) is 7.59. The Morgan fingerprint density at radius 1 is 1.00 bits per heavy atom. The third-order valence-corrected chi connectivity index (χ3v) is 7.59. The van der Waals surface area contributed by atoms with Crippen LogP contribution in [0.1, 0.15) is 22.8 Å². The smallest absolute Gasteiger partial charge is 0.258 e. The fourth-order valence-corrected chi connectivity index (χ4v) is 5.18. The maximum Gasteiger partial charge on any atom is 0.258 e. The number of benzene rings is 4. The Labute approximate surface area is 249 Å². The number of hydrogen-bond donors (Lipinski definition) is 3. The summed E-state index contributed by atoms with van der Waals surface area (Å²) < 4.78 is 19.0. The highest BCUT2D eigenvalue weighted by atomic mass is 19.1. The number of ether oxygens (including phenoxy) is 1. The van der Waals surface area contributed by atoms with Crippen LogP contribution in [0.2, 0.25) is 0 Å².